The van der Waals surface area contributed by atoms with Crippen molar-refractivity contribution >= 4 is 38.9 Å². The van der Waals surface area contributed by atoms with Crippen LogP contribution in [0.25, 0.3) is 11.5 Å². The Morgan fingerprint density at radius 3 is 2.96 bits per heavy atom. The lowest BCUT2D eigenvalue weighted by Gasteiger charge is -2.06. The van der Waals surface area contributed by atoms with Crippen LogP contribution in [-0.2, 0) is 11.2 Å². The Balaban J connectivity index is 1.55. The van der Waals surface area contributed by atoms with E-state index in [1.807, 2.05) is 41.9 Å². The number of aryl methyl sites for hydroxylation is 2. The van der Waals surface area contributed by atoms with E-state index >= 15 is 0 Å². The van der Waals surface area contributed by atoms with Crippen molar-refractivity contribution in [1.82, 2.24) is 10.2 Å². The highest BCUT2D eigenvalue weighted by molar-refractivity contribution is 9.10. The van der Waals surface area contributed by atoms with Gasteiger partial charge in [0.15, 0.2) is 0 Å². The molecule has 0 aliphatic heterocycles. The van der Waals surface area contributed by atoms with Gasteiger partial charge < -0.3 is 9.73 Å². The third-order valence-corrected chi connectivity index (χ3v) is 4.82. The van der Waals surface area contributed by atoms with Crippen molar-refractivity contribution in [1.29, 1.82) is 0 Å². The van der Waals surface area contributed by atoms with E-state index in [0.29, 0.717) is 24.6 Å². The molecular weight excluding hydrogens is 378 g/mol. The first kappa shape index (κ1) is 15.9. The Labute approximate surface area is 145 Å². The van der Waals surface area contributed by atoms with Gasteiger partial charge in [0.05, 0.1) is 0 Å². The number of halogens is 1. The van der Waals surface area contributed by atoms with Gasteiger partial charge in [-0.2, -0.15) is 11.3 Å². The maximum atomic E-state index is 12.0. The maximum absolute atomic E-state index is 12.0. The van der Waals surface area contributed by atoms with Gasteiger partial charge in [-0.05, 0) is 42.1 Å². The highest BCUT2D eigenvalue weighted by Gasteiger charge is 2.11. The molecule has 0 saturated carbocycles. The van der Waals surface area contributed by atoms with E-state index in [1.165, 1.54) is 0 Å². The van der Waals surface area contributed by atoms with Crippen LogP contribution in [0.15, 0.2) is 43.9 Å². The molecule has 0 fully saturated rings. The highest BCUT2D eigenvalue weighted by Crippen LogP contribution is 2.22. The van der Waals surface area contributed by atoms with Gasteiger partial charge in [0.1, 0.15) is 0 Å². The Morgan fingerprint density at radius 1 is 1.35 bits per heavy atom. The molecule has 0 aliphatic carbocycles. The summed E-state index contributed by atoms with van der Waals surface area (Å²) >= 11 is 5.01. The highest BCUT2D eigenvalue weighted by atomic mass is 79.9. The molecule has 0 aliphatic rings. The molecule has 2 aromatic heterocycles. The fourth-order valence-electron chi connectivity index (χ4n) is 2.02. The Morgan fingerprint density at radius 2 is 2.22 bits per heavy atom. The molecule has 5 nitrogen and oxygen atoms in total. The number of amides is 1. The Kier molecular flexibility index (Phi) is 4.88. The Hall–Kier alpha value is -1.99. The lowest BCUT2D eigenvalue weighted by Crippen LogP contribution is -2.12. The quantitative estimate of drug-likeness (QED) is 0.697. The van der Waals surface area contributed by atoms with Crippen LogP contribution in [0.1, 0.15) is 17.9 Å². The van der Waals surface area contributed by atoms with Crippen molar-refractivity contribution in [3.05, 3.63) is 51.0 Å². The van der Waals surface area contributed by atoms with E-state index in [1.54, 1.807) is 11.3 Å². The average molecular weight is 392 g/mol. The van der Waals surface area contributed by atoms with Crippen LogP contribution < -0.4 is 5.32 Å². The number of carbonyl (C=O) groups is 1. The van der Waals surface area contributed by atoms with E-state index in [9.17, 15) is 4.79 Å². The molecule has 7 heteroatoms. The van der Waals surface area contributed by atoms with Crippen LogP contribution in [-0.4, -0.2) is 16.1 Å². The van der Waals surface area contributed by atoms with Gasteiger partial charge in [-0.3, -0.25) is 4.79 Å². The van der Waals surface area contributed by atoms with Gasteiger partial charge in [0.2, 0.25) is 17.7 Å². The number of anilines is 1. The number of thiophene rings is 1. The van der Waals surface area contributed by atoms with Crippen molar-refractivity contribution in [2.24, 2.45) is 0 Å². The number of hydrogen-bond donors (Lipinski definition) is 1. The van der Waals surface area contributed by atoms with Gasteiger partial charge in [-0.1, -0.05) is 15.9 Å². The minimum atomic E-state index is -0.0815. The fourth-order valence-corrected chi connectivity index (χ4v) is 2.90. The first-order chi connectivity index (χ1) is 11.1. The molecule has 0 saturated heterocycles. The topological polar surface area (TPSA) is 68.0 Å². The Bertz CT molecular complexity index is 815. The van der Waals surface area contributed by atoms with E-state index in [0.717, 1.165) is 21.3 Å². The second kappa shape index (κ2) is 7.06. The van der Waals surface area contributed by atoms with Gasteiger partial charge in [-0.15, -0.1) is 10.2 Å². The lowest BCUT2D eigenvalue weighted by molar-refractivity contribution is -0.116. The number of nitrogens with one attached hydrogen (secondary N) is 1. The predicted octanol–water partition coefficient (Wildman–Crippen LogP) is 4.44. The molecule has 2 heterocycles. The van der Waals surface area contributed by atoms with E-state index in [2.05, 4.69) is 31.4 Å². The molecule has 118 valence electrons. The van der Waals surface area contributed by atoms with Gasteiger partial charge in [-0.25, -0.2) is 0 Å². The van der Waals surface area contributed by atoms with Gasteiger partial charge >= 0.3 is 0 Å². The smallest absolute Gasteiger partial charge is 0.248 e. The van der Waals surface area contributed by atoms with E-state index in [-0.39, 0.29) is 5.91 Å². The predicted molar refractivity (Wildman–Crippen MR) is 93.4 cm³/mol. The third-order valence-electron chi connectivity index (χ3n) is 3.24. The summed E-state index contributed by atoms with van der Waals surface area (Å²) in [7, 11) is 0. The summed E-state index contributed by atoms with van der Waals surface area (Å²) in [6.45, 7) is 1.98. The molecule has 0 radical (unpaired) electrons. The van der Waals surface area contributed by atoms with Crippen LogP contribution in [0.4, 0.5) is 5.69 Å². The third kappa shape index (κ3) is 4.05. The zero-order valence-corrected chi connectivity index (χ0v) is 14.8. The lowest BCUT2D eigenvalue weighted by atomic mass is 10.2. The van der Waals surface area contributed by atoms with Crippen molar-refractivity contribution < 1.29 is 9.21 Å². The SMILES string of the molecule is Cc1cc(NC(=O)CCc2nnc(-c3ccsc3)o2)ccc1Br. The van der Waals surface area contributed by atoms with Crippen LogP contribution in [0, 0.1) is 6.92 Å². The summed E-state index contributed by atoms with van der Waals surface area (Å²) in [6, 6.07) is 7.61. The summed E-state index contributed by atoms with van der Waals surface area (Å²) in [5.41, 5.74) is 2.75. The molecule has 0 bridgehead atoms. The molecule has 1 N–H and O–H groups in total. The van der Waals surface area contributed by atoms with E-state index in [4.69, 9.17) is 4.42 Å². The largest absolute Gasteiger partial charge is 0.421 e. The van der Waals surface area contributed by atoms with Crippen molar-refractivity contribution in [2.75, 3.05) is 5.32 Å². The molecule has 0 unspecified atom stereocenters. The summed E-state index contributed by atoms with van der Waals surface area (Å²) in [5, 5.41) is 14.7. The molecule has 23 heavy (non-hydrogen) atoms. The number of nitrogens with zero attached hydrogens (tertiary/aromatic N) is 2. The van der Waals surface area contributed by atoms with Gasteiger partial charge in [0, 0.05) is 33.9 Å². The molecule has 0 spiro atoms. The minimum Gasteiger partial charge on any atom is -0.421 e. The number of aromatic nitrogens is 2. The first-order valence-electron chi connectivity index (χ1n) is 7.03. The minimum absolute atomic E-state index is 0.0815. The zero-order chi connectivity index (χ0) is 16.2. The van der Waals surface area contributed by atoms with Crippen molar-refractivity contribution in [3.8, 4) is 11.5 Å². The molecule has 1 amide bonds. The number of carbonyl (C=O) groups excluding carboxylic acids is 1. The number of hydrogen-bond acceptors (Lipinski definition) is 5. The first-order valence-corrected chi connectivity index (χ1v) is 8.76. The van der Waals surface area contributed by atoms with Crippen molar-refractivity contribution in [2.45, 2.75) is 19.8 Å². The monoisotopic (exact) mass is 391 g/mol. The van der Waals surface area contributed by atoms with E-state index < -0.39 is 0 Å². The normalized spacial score (nSPS) is 10.7. The molecule has 0 atom stereocenters. The molecule has 3 aromatic rings. The van der Waals surface area contributed by atoms with Crippen LogP contribution >= 0.6 is 27.3 Å². The van der Waals surface area contributed by atoms with Gasteiger partial charge in [0.25, 0.3) is 0 Å². The summed E-state index contributed by atoms with van der Waals surface area (Å²) in [6.07, 6.45) is 0.707. The fraction of sp³-hybridized carbons (Fsp3) is 0.188. The number of rotatable bonds is 5. The maximum Gasteiger partial charge on any atom is 0.248 e. The summed E-state index contributed by atoms with van der Waals surface area (Å²) < 4.78 is 6.58. The van der Waals surface area contributed by atoms with Crippen molar-refractivity contribution in [3.63, 3.8) is 0 Å². The molecular formula is C16H14BrN3O2S. The molecule has 3 rings (SSSR count). The van der Waals surface area contributed by atoms with Crippen LogP contribution in [0.2, 0.25) is 0 Å². The molecule has 1 aromatic carbocycles. The van der Waals surface area contributed by atoms with Crippen LogP contribution in [0.5, 0.6) is 0 Å². The zero-order valence-electron chi connectivity index (χ0n) is 12.4. The number of benzene rings is 1. The summed E-state index contributed by atoms with van der Waals surface area (Å²) in [4.78, 5) is 12.0. The average Bonchev–Trinajstić information content (AvgIpc) is 3.19. The van der Waals surface area contributed by atoms with Crippen LogP contribution in [0.3, 0.4) is 0 Å². The second-order valence-electron chi connectivity index (χ2n) is 5.03. The summed E-state index contributed by atoms with van der Waals surface area (Å²) in [5.74, 6) is 0.875. The second-order valence-corrected chi connectivity index (χ2v) is 6.66. The standard InChI is InChI=1S/C16H14BrN3O2S/c1-10-8-12(2-3-13(10)17)18-14(21)4-5-15-19-20-16(22-15)11-6-7-23-9-11/h2-3,6-9H,4-5H2,1H3,(H,18,21).